The van der Waals surface area contributed by atoms with Crippen molar-refractivity contribution in [3.63, 3.8) is 0 Å². The van der Waals surface area contributed by atoms with Crippen LogP contribution in [0.15, 0.2) is 78.9 Å². The number of benzene rings is 3. The second kappa shape index (κ2) is 10.6. The van der Waals surface area contributed by atoms with Crippen molar-refractivity contribution in [2.24, 2.45) is 5.41 Å². The third kappa shape index (κ3) is 4.65. The Morgan fingerprint density at radius 3 is 1.47 bits per heavy atom. The number of hydrogen-bond acceptors (Lipinski definition) is 5. The van der Waals surface area contributed by atoms with Crippen LogP contribution in [0.1, 0.15) is 30.0 Å². The number of rotatable bonds is 11. The molecule has 0 radical (unpaired) electrons. The summed E-state index contributed by atoms with van der Waals surface area (Å²) in [5.41, 5.74) is 1.05. The molecule has 0 saturated heterocycles. The maximum absolute atomic E-state index is 10.0. The summed E-state index contributed by atoms with van der Waals surface area (Å²) < 4.78 is 17.5. The monoisotopic (exact) mass is 436 g/mol. The van der Waals surface area contributed by atoms with Crippen molar-refractivity contribution in [1.82, 2.24) is 0 Å². The topological polar surface area (TPSA) is 68.2 Å². The third-order valence-corrected chi connectivity index (χ3v) is 6.19. The highest BCUT2D eigenvalue weighted by Gasteiger charge is 2.40. The van der Waals surface area contributed by atoms with Crippen LogP contribution in [0.4, 0.5) is 0 Å². The molecule has 0 aliphatic heterocycles. The largest absolute Gasteiger partial charge is 0.497 e. The first-order valence-corrected chi connectivity index (χ1v) is 10.8. The summed E-state index contributed by atoms with van der Waals surface area (Å²) in [6.45, 7) is 1.77. The van der Waals surface area contributed by atoms with E-state index in [1.165, 1.54) is 0 Å². The summed E-state index contributed by atoms with van der Waals surface area (Å²) in [6.07, 6.45) is 0.579. The van der Waals surface area contributed by atoms with E-state index in [1.807, 2.05) is 85.8 Å². The summed E-state index contributed by atoms with van der Waals surface area (Å²) in [6, 6.07) is 25.6. The minimum atomic E-state index is -0.968. The first-order valence-electron chi connectivity index (χ1n) is 10.8. The van der Waals surface area contributed by atoms with Crippen molar-refractivity contribution < 1.29 is 24.4 Å². The van der Waals surface area contributed by atoms with Gasteiger partial charge in [-0.1, -0.05) is 61.5 Å². The van der Waals surface area contributed by atoms with E-state index in [9.17, 15) is 10.2 Å². The van der Waals surface area contributed by atoms with Crippen LogP contribution in [-0.4, -0.2) is 44.3 Å². The molecule has 0 atom stereocenters. The van der Waals surface area contributed by atoms with E-state index in [2.05, 4.69) is 0 Å². The molecule has 0 aliphatic rings. The molecule has 5 heteroatoms. The second-order valence-electron chi connectivity index (χ2n) is 7.96. The van der Waals surface area contributed by atoms with Crippen LogP contribution in [0, 0.1) is 5.41 Å². The van der Waals surface area contributed by atoms with Gasteiger partial charge in [0.2, 0.25) is 0 Å². The molecule has 0 aromatic heterocycles. The zero-order valence-electron chi connectivity index (χ0n) is 19.0. The zero-order valence-corrected chi connectivity index (χ0v) is 19.0. The number of hydrogen-bond donors (Lipinski definition) is 2. The van der Waals surface area contributed by atoms with Gasteiger partial charge < -0.3 is 24.4 Å². The van der Waals surface area contributed by atoms with Gasteiger partial charge in [-0.25, -0.2) is 0 Å². The second-order valence-corrected chi connectivity index (χ2v) is 7.96. The zero-order chi connectivity index (χ0) is 23.0. The van der Waals surface area contributed by atoms with Gasteiger partial charge in [0.1, 0.15) is 17.1 Å². The quantitative estimate of drug-likeness (QED) is 0.436. The molecule has 0 spiro atoms. The van der Waals surface area contributed by atoms with Gasteiger partial charge in [0.15, 0.2) is 0 Å². The van der Waals surface area contributed by atoms with Crippen LogP contribution in [-0.2, 0) is 10.3 Å². The van der Waals surface area contributed by atoms with Gasteiger partial charge in [-0.2, -0.15) is 0 Å². The van der Waals surface area contributed by atoms with E-state index in [0.29, 0.717) is 6.42 Å². The van der Waals surface area contributed by atoms with E-state index in [1.54, 1.807) is 14.2 Å². The van der Waals surface area contributed by atoms with Crippen molar-refractivity contribution in [1.29, 1.82) is 0 Å². The Kier molecular flexibility index (Phi) is 7.91. The maximum atomic E-state index is 10.0. The Hall–Kier alpha value is -2.86. The Morgan fingerprint density at radius 1 is 0.656 bits per heavy atom. The van der Waals surface area contributed by atoms with Crippen LogP contribution in [0.2, 0.25) is 0 Å². The molecule has 0 bridgehead atoms. The lowest BCUT2D eigenvalue weighted by Gasteiger charge is -2.39. The predicted octanol–water partition coefficient (Wildman–Crippen LogP) is 4.39. The lowest BCUT2D eigenvalue weighted by atomic mass is 9.79. The smallest absolute Gasteiger partial charge is 0.143 e. The molecule has 0 saturated carbocycles. The first-order chi connectivity index (χ1) is 15.6. The molecule has 2 N–H and O–H groups in total. The standard InChI is InChI=1S/C27H32O5/c1-4-26(18-28,19-29)20-32-27(21-8-6-5-7-9-21,22-10-14-24(30-2)15-11-22)23-12-16-25(31-3)17-13-23/h5-17,28-29H,4,18-20H2,1-3H3. The maximum Gasteiger partial charge on any atom is 0.143 e. The number of aliphatic hydroxyl groups is 2. The van der Waals surface area contributed by atoms with Crippen molar-refractivity contribution >= 4 is 0 Å². The van der Waals surface area contributed by atoms with Crippen LogP contribution in [0.5, 0.6) is 11.5 Å². The van der Waals surface area contributed by atoms with E-state index >= 15 is 0 Å². The molecule has 170 valence electrons. The van der Waals surface area contributed by atoms with Gasteiger partial charge in [-0.05, 0) is 47.4 Å². The van der Waals surface area contributed by atoms with Gasteiger partial charge in [0, 0.05) is 5.41 Å². The first kappa shape index (κ1) is 23.8. The van der Waals surface area contributed by atoms with Gasteiger partial charge in [0.25, 0.3) is 0 Å². The molecule has 0 aliphatic carbocycles. The van der Waals surface area contributed by atoms with E-state index in [0.717, 1.165) is 28.2 Å². The molecule has 0 heterocycles. The van der Waals surface area contributed by atoms with Crippen LogP contribution < -0.4 is 9.47 Å². The fraction of sp³-hybridized carbons (Fsp3) is 0.333. The number of aliphatic hydroxyl groups excluding tert-OH is 2. The lowest BCUT2D eigenvalue weighted by Crippen LogP contribution is -2.41. The SMILES string of the molecule is CCC(CO)(CO)COC(c1ccccc1)(c1ccc(OC)cc1)c1ccc(OC)cc1. The van der Waals surface area contributed by atoms with E-state index in [4.69, 9.17) is 14.2 Å². The molecular formula is C27H32O5. The summed E-state index contributed by atoms with van der Waals surface area (Å²) in [5.74, 6) is 1.50. The highest BCUT2D eigenvalue weighted by Crippen LogP contribution is 2.43. The van der Waals surface area contributed by atoms with Gasteiger partial charge in [-0.3, -0.25) is 0 Å². The van der Waals surface area contributed by atoms with E-state index < -0.39 is 11.0 Å². The average molecular weight is 437 g/mol. The highest BCUT2D eigenvalue weighted by atomic mass is 16.5. The minimum Gasteiger partial charge on any atom is -0.497 e. The minimum absolute atomic E-state index is 0.170. The predicted molar refractivity (Wildman–Crippen MR) is 125 cm³/mol. The lowest BCUT2D eigenvalue weighted by molar-refractivity contribution is -0.0791. The summed E-state index contributed by atoms with van der Waals surface area (Å²) in [5, 5.41) is 20.1. The van der Waals surface area contributed by atoms with Crippen molar-refractivity contribution in [2.75, 3.05) is 34.0 Å². The molecule has 3 aromatic rings. The normalized spacial score (nSPS) is 11.9. The third-order valence-electron chi connectivity index (χ3n) is 6.19. The summed E-state index contributed by atoms with van der Waals surface area (Å²) in [7, 11) is 3.27. The molecule has 3 aromatic carbocycles. The fourth-order valence-electron chi connectivity index (χ4n) is 3.80. The number of methoxy groups -OCH3 is 2. The van der Waals surface area contributed by atoms with Crippen molar-refractivity contribution in [3.8, 4) is 11.5 Å². The number of ether oxygens (including phenoxy) is 3. The Labute approximate surface area is 190 Å². The highest BCUT2D eigenvalue weighted by molar-refractivity contribution is 5.49. The van der Waals surface area contributed by atoms with E-state index in [-0.39, 0.29) is 19.8 Å². The molecule has 0 unspecified atom stereocenters. The van der Waals surface area contributed by atoms with Crippen molar-refractivity contribution in [2.45, 2.75) is 18.9 Å². The van der Waals surface area contributed by atoms with Crippen LogP contribution >= 0.6 is 0 Å². The summed E-state index contributed by atoms with van der Waals surface area (Å²) >= 11 is 0. The van der Waals surface area contributed by atoms with Crippen molar-refractivity contribution in [3.05, 3.63) is 95.6 Å². The Balaban J connectivity index is 2.23. The van der Waals surface area contributed by atoms with Gasteiger partial charge in [0.05, 0.1) is 34.0 Å². The van der Waals surface area contributed by atoms with Crippen LogP contribution in [0.25, 0.3) is 0 Å². The molecule has 32 heavy (non-hydrogen) atoms. The summed E-state index contributed by atoms with van der Waals surface area (Å²) in [4.78, 5) is 0. The molecule has 5 nitrogen and oxygen atoms in total. The molecular weight excluding hydrogens is 404 g/mol. The molecule has 0 amide bonds. The molecule has 3 rings (SSSR count). The Bertz CT molecular complexity index is 892. The van der Waals surface area contributed by atoms with Gasteiger partial charge >= 0.3 is 0 Å². The van der Waals surface area contributed by atoms with Crippen LogP contribution in [0.3, 0.4) is 0 Å². The van der Waals surface area contributed by atoms with Gasteiger partial charge in [-0.15, -0.1) is 0 Å². The Morgan fingerprint density at radius 2 is 1.09 bits per heavy atom. The average Bonchev–Trinajstić information content (AvgIpc) is 2.88. The fourth-order valence-corrected chi connectivity index (χ4v) is 3.80. The molecule has 0 fully saturated rings.